The molecule has 3 heterocycles. The number of hydrogen-bond donors (Lipinski definition) is 1. The first-order valence-corrected chi connectivity index (χ1v) is 10.2. The summed E-state index contributed by atoms with van der Waals surface area (Å²) in [6.07, 6.45) is 0. The number of amides is 1. The molecule has 0 unspecified atom stereocenters. The number of thioether (sulfide) groups is 1. The first kappa shape index (κ1) is 17.9. The first-order chi connectivity index (χ1) is 14.1. The fraction of sp³-hybridized carbons (Fsp3) is 0.111. The van der Waals surface area contributed by atoms with Gasteiger partial charge in [0.1, 0.15) is 5.82 Å². The van der Waals surface area contributed by atoms with Crippen molar-refractivity contribution in [3.05, 3.63) is 42.2 Å². The maximum absolute atomic E-state index is 13.3. The lowest BCUT2D eigenvalue weighted by molar-refractivity contribution is -0.113. The summed E-state index contributed by atoms with van der Waals surface area (Å²) in [7, 11) is 0. The number of thiazole rings is 1. The predicted molar refractivity (Wildman–Crippen MR) is 105 cm³/mol. The summed E-state index contributed by atoms with van der Waals surface area (Å²) in [5.41, 5.74) is 1.32. The van der Waals surface area contributed by atoms with Crippen molar-refractivity contribution >= 4 is 44.4 Å². The van der Waals surface area contributed by atoms with Crippen molar-refractivity contribution in [2.24, 2.45) is 0 Å². The monoisotopic (exact) mass is 430 g/mol. The third-order valence-corrected chi connectivity index (χ3v) is 5.70. The number of carbonyl (C=O) groups is 1. The second kappa shape index (κ2) is 7.33. The molecular weight excluding hydrogens is 419 g/mol. The molecule has 1 aliphatic heterocycles. The fourth-order valence-corrected chi connectivity index (χ4v) is 4.12. The summed E-state index contributed by atoms with van der Waals surface area (Å²) in [6.45, 7) is 0.183. The van der Waals surface area contributed by atoms with Gasteiger partial charge in [-0.05, 0) is 36.4 Å². The third kappa shape index (κ3) is 3.74. The van der Waals surface area contributed by atoms with Crippen molar-refractivity contribution in [3.63, 3.8) is 0 Å². The predicted octanol–water partition coefficient (Wildman–Crippen LogP) is 3.94. The van der Waals surface area contributed by atoms with E-state index in [9.17, 15) is 9.18 Å². The van der Waals surface area contributed by atoms with E-state index < -0.39 is 0 Å². The van der Waals surface area contributed by atoms with Crippen LogP contribution in [0.5, 0.6) is 11.5 Å². The van der Waals surface area contributed by atoms with Gasteiger partial charge in [-0.1, -0.05) is 23.1 Å². The quantitative estimate of drug-likeness (QED) is 0.475. The average molecular weight is 430 g/mol. The molecule has 0 saturated heterocycles. The Morgan fingerprint density at radius 2 is 2.07 bits per heavy atom. The number of nitrogens with one attached hydrogen (secondary N) is 1. The Bertz CT molecular complexity index is 1230. The van der Waals surface area contributed by atoms with E-state index in [1.807, 2.05) is 0 Å². The number of hydrogen-bond acceptors (Lipinski definition) is 9. The van der Waals surface area contributed by atoms with Gasteiger partial charge in [-0.25, -0.2) is 9.37 Å². The van der Waals surface area contributed by atoms with Crippen LogP contribution in [0.15, 0.2) is 46.0 Å². The van der Waals surface area contributed by atoms with Crippen LogP contribution in [0.2, 0.25) is 0 Å². The molecule has 8 nitrogen and oxygen atoms in total. The molecule has 1 N–H and O–H groups in total. The van der Waals surface area contributed by atoms with Gasteiger partial charge in [0.05, 0.1) is 16.0 Å². The molecule has 146 valence electrons. The molecule has 0 radical (unpaired) electrons. The second-order valence-electron chi connectivity index (χ2n) is 5.91. The maximum atomic E-state index is 13.3. The Labute approximate surface area is 171 Å². The molecule has 29 heavy (non-hydrogen) atoms. The molecule has 0 atom stereocenters. The van der Waals surface area contributed by atoms with Crippen molar-refractivity contribution in [2.75, 3.05) is 17.9 Å². The minimum atomic E-state index is -0.343. The Balaban J connectivity index is 1.21. The number of carbonyl (C=O) groups excluding carboxylic acids is 1. The Morgan fingerprint density at radius 1 is 1.17 bits per heavy atom. The summed E-state index contributed by atoms with van der Waals surface area (Å²) in [5, 5.41) is 11.3. The summed E-state index contributed by atoms with van der Waals surface area (Å²) in [6, 6.07) is 9.60. The van der Waals surface area contributed by atoms with Gasteiger partial charge in [0.25, 0.3) is 5.22 Å². The molecular formula is C18H11FN4O4S2. The van der Waals surface area contributed by atoms with E-state index in [-0.39, 0.29) is 29.5 Å². The topological polar surface area (TPSA) is 99.4 Å². The van der Waals surface area contributed by atoms with E-state index in [1.54, 1.807) is 24.3 Å². The van der Waals surface area contributed by atoms with Gasteiger partial charge < -0.3 is 19.2 Å². The van der Waals surface area contributed by atoms with Crippen LogP contribution in [0.3, 0.4) is 0 Å². The first-order valence-electron chi connectivity index (χ1n) is 8.36. The lowest BCUT2D eigenvalue weighted by atomic mass is 10.2. The number of fused-ring (bicyclic) bond motifs is 2. The van der Waals surface area contributed by atoms with Crippen molar-refractivity contribution in [1.82, 2.24) is 15.2 Å². The summed E-state index contributed by atoms with van der Waals surface area (Å²) in [5.74, 6) is 1.04. The fourth-order valence-electron chi connectivity index (χ4n) is 2.65. The molecule has 1 aliphatic rings. The van der Waals surface area contributed by atoms with Crippen molar-refractivity contribution in [1.29, 1.82) is 0 Å². The highest BCUT2D eigenvalue weighted by Crippen LogP contribution is 2.36. The summed E-state index contributed by atoms with van der Waals surface area (Å²) < 4.78 is 30.1. The van der Waals surface area contributed by atoms with E-state index in [0.717, 1.165) is 11.8 Å². The van der Waals surface area contributed by atoms with Crippen LogP contribution >= 0.6 is 23.1 Å². The molecule has 5 rings (SSSR count). The third-order valence-electron chi connectivity index (χ3n) is 3.95. The zero-order chi connectivity index (χ0) is 19.8. The molecule has 4 aromatic rings. The molecule has 0 aliphatic carbocycles. The second-order valence-corrected chi connectivity index (χ2v) is 7.87. The average Bonchev–Trinajstić information content (AvgIpc) is 3.44. The number of benzene rings is 2. The van der Waals surface area contributed by atoms with E-state index in [2.05, 4.69) is 20.5 Å². The highest BCUT2D eigenvalue weighted by Gasteiger charge is 2.17. The van der Waals surface area contributed by atoms with Crippen molar-refractivity contribution < 1.29 is 23.1 Å². The van der Waals surface area contributed by atoms with Gasteiger partial charge in [-0.3, -0.25) is 4.79 Å². The van der Waals surface area contributed by atoms with E-state index in [0.29, 0.717) is 38.3 Å². The van der Waals surface area contributed by atoms with E-state index >= 15 is 0 Å². The van der Waals surface area contributed by atoms with Gasteiger partial charge in [0.15, 0.2) is 16.6 Å². The number of nitrogens with zero attached hydrogens (tertiary/aromatic N) is 3. The molecule has 0 fully saturated rings. The lowest BCUT2D eigenvalue weighted by Crippen LogP contribution is -2.13. The highest BCUT2D eigenvalue weighted by atomic mass is 32.2. The van der Waals surface area contributed by atoms with E-state index in [1.165, 1.54) is 23.5 Å². The zero-order valence-corrected chi connectivity index (χ0v) is 16.2. The number of aromatic nitrogens is 3. The van der Waals surface area contributed by atoms with Gasteiger partial charge in [-0.15, -0.1) is 10.2 Å². The molecule has 0 saturated carbocycles. The zero-order valence-electron chi connectivity index (χ0n) is 14.5. The van der Waals surface area contributed by atoms with Gasteiger partial charge >= 0.3 is 0 Å². The molecule has 11 heteroatoms. The molecule has 2 aromatic carbocycles. The molecule has 1 amide bonds. The van der Waals surface area contributed by atoms with Crippen molar-refractivity contribution in [2.45, 2.75) is 5.22 Å². The number of anilines is 1. The van der Waals surface area contributed by atoms with Crippen LogP contribution < -0.4 is 14.8 Å². The SMILES string of the molecule is O=C(CSc1nnc(-c2ccc3c(c2)OCO3)o1)Nc1nc2ccc(F)cc2s1. The van der Waals surface area contributed by atoms with Crippen LogP contribution in [0.25, 0.3) is 21.7 Å². The van der Waals surface area contributed by atoms with Crippen LogP contribution in [0.4, 0.5) is 9.52 Å². The Hall–Kier alpha value is -3.18. The Morgan fingerprint density at radius 3 is 3.00 bits per heavy atom. The summed E-state index contributed by atoms with van der Waals surface area (Å²) >= 11 is 2.31. The highest BCUT2D eigenvalue weighted by molar-refractivity contribution is 7.99. The summed E-state index contributed by atoms with van der Waals surface area (Å²) in [4.78, 5) is 16.4. The largest absolute Gasteiger partial charge is 0.454 e. The van der Waals surface area contributed by atoms with E-state index in [4.69, 9.17) is 13.9 Å². The van der Waals surface area contributed by atoms with Gasteiger partial charge in [0.2, 0.25) is 18.6 Å². The van der Waals surface area contributed by atoms with Crippen LogP contribution in [0.1, 0.15) is 0 Å². The number of halogens is 1. The number of ether oxygens (including phenoxy) is 2. The Kier molecular flexibility index (Phi) is 4.52. The standard InChI is InChI=1S/C18H11FN4O4S2/c19-10-2-3-11-14(6-10)29-17(20-11)21-15(24)7-28-18-23-22-16(27-18)9-1-4-12-13(5-9)26-8-25-12/h1-6H,7-8H2,(H,20,21,24). The lowest BCUT2D eigenvalue weighted by Gasteiger charge is -1.99. The molecule has 0 spiro atoms. The number of rotatable bonds is 5. The van der Waals surface area contributed by atoms with Crippen LogP contribution in [-0.2, 0) is 4.79 Å². The van der Waals surface area contributed by atoms with Crippen molar-refractivity contribution in [3.8, 4) is 23.0 Å². The smallest absolute Gasteiger partial charge is 0.277 e. The van der Waals surface area contributed by atoms with Gasteiger partial charge in [0, 0.05) is 5.56 Å². The minimum absolute atomic E-state index is 0.0626. The molecule has 2 aromatic heterocycles. The van der Waals surface area contributed by atoms with Crippen LogP contribution in [-0.4, -0.2) is 33.6 Å². The molecule has 0 bridgehead atoms. The van der Waals surface area contributed by atoms with Gasteiger partial charge in [-0.2, -0.15) is 0 Å². The maximum Gasteiger partial charge on any atom is 0.277 e. The van der Waals surface area contributed by atoms with Crippen LogP contribution in [0, 0.1) is 5.82 Å². The minimum Gasteiger partial charge on any atom is -0.454 e. The normalized spacial score (nSPS) is 12.4.